The van der Waals surface area contributed by atoms with Crippen molar-refractivity contribution < 1.29 is 36.6 Å². The molecule has 4 aromatic rings. The monoisotopic (exact) mass is 578 g/mol. The van der Waals surface area contributed by atoms with Crippen molar-refractivity contribution in [3.05, 3.63) is 113 Å². The highest BCUT2D eigenvalue weighted by Crippen LogP contribution is 2.39. The Morgan fingerprint density at radius 2 is 1.68 bits per heavy atom. The molecular weight excluding hydrogens is 554 g/mol. The highest BCUT2D eigenvalue weighted by atomic mass is 32.2. The van der Waals surface area contributed by atoms with Gasteiger partial charge in [-0.3, -0.25) is 9.10 Å². The Hall–Kier alpha value is -4.77. The number of halogens is 2. The molecule has 5 rings (SSSR count). The quantitative estimate of drug-likeness (QED) is 0.311. The lowest BCUT2D eigenvalue weighted by Gasteiger charge is -2.26. The molecule has 8 nitrogen and oxygen atoms in total. The summed E-state index contributed by atoms with van der Waals surface area (Å²) >= 11 is 0. The molecule has 41 heavy (non-hydrogen) atoms. The van der Waals surface area contributed by atoms with E-state index in [0.717, 1.165) is 16.4 Å². The lowest BCUT2D eigenvalue weighted by Crippen LogP contribution is -2.47. The van der Waals surface area contributed by atoms with Crippen molar-refractivity contribution in [3.63, 3.8) is 0 Å². The molecule has 4 aromatic carbocycles. The predicted molar refractivity (Wildman–Crippen MR) is 147 cm³/mol. The number of carboxylic acids is 1. The Balaban J connectivity index is 1.44. The summed E-state index contributed by atoms with van der Waals surface area (Å²) in [6.07, 6.45) is 0.0917. The number of fused-ring (bicyclic) bond motifs is 1. The number of hydrogen-bond acceptors (Lipinski definition) is 5. The van der Waals surface area contributed by atoms with Crippen LogP contribution in [0.5, 0.6) is 5.75 Å². The van der Waals surface area contributed by atoms with Crippen LogP contribution < -0.4 is 14.4 Å². The highest BCUT2D eigenvalue weighted by Gasteiger charge is 2.42. The first-order valence-corrected chi connectivity index (χ1v) is 13.9. The second-order valence-electron chi connectivity index (χ2n) is 9.38. The van der Waals surface area contributed by atoms with Crippen molar-refractivity contribution in [1.82, 2.24) is 5.32 Å². The van der Waals surface area contributed by atoms with Gasteiger partial charge in [0.2, 0.25) is 5.91 Å². The molecule has 0 bridgehead atoms. The summed E-state index contributed by atoms with van der Waals surface area (Å²) in [5.74, 6) is -2.62. The number of ether oxygens (including phenoxy) is 1. The molecule has 0 spiro atoms. The number of carbonyl (C=O) groups excluding carboxylic acids is 1. The second-order valence-corrected chi connectivity index (χ2v) is 11.2. The van der Waals surface area contributed by atoms with Crippen LogP contribution in [-0.4, -0.2) is 38.6 Å². The molecule has 1 heterocycles. The van der Waals surface area contributed by atoms with Gasteiger partial charge in [-0.05, 0) is 71.3 Å². The first-order chi connectivity index (χ1) is 19.6. The van der Waals surface area contributed by atoms with E-state index in [2.05, 4.69) is 5.32 Å². The van der Waals surface area contributed by atoms with Gasteiger partial charge in [-0.25, -0.2) is 22.0 Å². The minimum Gasteiger partial charge on any atom is -0.497 e. The summed E-state index contributed by atoms with van der Waals surface area (Å²) in [5.41, 5.74) is 2.14. The highest BCUT2D eigenvalue weighted by molar-refractivity contribution is 7.93. The lowest BCUT2D eigenvalue weighted by molar-refractivity contribution is -0.122. The summed E-state index contributed by atoms with van der Waals surface area (Å²) in [6, 6.07) is 18.3. The van der Waals surface area contributed by atoms with Crippen molar-refractivity contribution in [2.75, 3.05) is 11.4 Å². The molecule has 2 N–H and O–H groups in total. The minimum atomic E-state index is -4.27. The zero-order valence-electron chi connectivity index (χ0n) is 21.7. The Labute approximate surface area is 234 Å². The van der Waals surface area contributed by atoms with Gasteiger partial charge in [0, 0.05) is 24.6 Å². The summed E-state index contributed by atoms with van der Waals surface area (Å²) in [6.45, 7) is 0.0563. The molecule has 0 aromatic heterocycles. The van der Waals surface area contributed by atoms with Crippen molar-refractivity contribution >= 4 is 27.6 Å². The zero-order valence-corrected chi connectivity index (χ0v) is 22.5. The summed E-state index contributed by atoms with van der Waals surface area (Å²) in [7, 11) is -2.78. The average Bonchev–Trinajstić information content (AvgIpc) is 3.36. The van der Waals surface area contributed by atoms with Gasteiger partial charge >= 0.3 is 5.97 Å². The molecule has 1 atom stereocenters. The van der Waals surface area contributed by atoms with Crippen LogP contribution in [0, 0.1) is 11.6 Å². The Kier molecular flexibility index (Phi) is 7.46. The van der Waals surface area contributed by atoms with Crippen LogP contribution in [0.4, 0.5) is 14.5 Å². The number of amides is 1. The van der Waals surface area contributed by atoms with Gasteiger partial charge in [0.1, 0.15) is 23.4 Å². The van der Waals surface area contributed by atoms with Gasteiger partial charge in [-0.1, -0.05) is 24.3 Å². The van der Waals surface area contributed by atoms with Crippen LogP contribution in [0.25, 0.3) is 11.1 Å². The molecule has 0 saturated carbocycles. The van der Waals surface area contributed by atoms with Crippen LogP contribution in [0.3, 0.4) is 0 Å². The molecule has 1 amide bonds. The maximum atomic E-state index is 14.3. The maximum absolute atomic E-state index is 14.3. The molecule has 0 aliphatic carbocycles. The third-order valence-electron chi connectivity index (χ3n) is 6.84. The second kappa shape index (κ2) is 11.0. The summed E-state index contributed by atoms with van der Waals surface area (Å²) < 4.78 is 61.8. The Morgan fingerprint density at radius 1 is 0.976 bits per heavy atom. The Bertz CT molecular complexity index is 1740. The molecule has 1 aliphatic heterocycles. The number of methoxy groups -OCH3 is 1. The minimum absolute atomic E-state index is 0.0563. The van der Waals surface area contributed by atoms with E-state index in [1.165, 1.54) is 49.6 Å². The van der Waals surface area contributed by atoms with Crippen LogP contribution >= 0.6 is 0 Å². The maximum Gasteiger partial charge on any atom is 0.335 e. The SMILES string of the molecule is COc1ccc2c(c1)CC(C(=O)NCc1ccc(C(=O)O)cc1)N2S(=O)(=O)c1ccc(-c2ccc(F)cc2F)cc1. The largest absolute Gasteiger partial charge is 0.497 e. The van der Waals surface area contributed by atoms with Crippen molar-refractivity contribution in [2.24, 2.45) is 0 Å². The first-order valence-electron chi connectivity index (χ1n) is 12.5. The van der Waals surface area contributed by atoms with Crippen molar-refractivity contribution in [2.45, 2.75) is 23.9 Å². The fourth-order valence-electron chi connectivity index (χ4n) is 4.74. The third-order valence-corrected chi connectivity index (χ3v) is 8.68. The number of rotatable bonds is 8. The fourth-order valence-corrected chi connectivity index (χ4v) is 6.39. The first kappa shape index (κ1) is 27.8. The van der Waals surface area contributed by atoms with Gasteiger partial charge in [-0.2, -0.15) is 0 Å². The zero-order chi connectivity index (χ0) is 29.3. The van der Waals surface area contributed by atoms with Crippen molar-refractivity contribution in [1.29, 1.82) is 0 Å². The van der Waals surface area contributed by atoms with E-state index in [4.69, 9.17) is 9.84 Å². The third kappa shape index (κ3) is 5.48. The number of hydrogen-bond donors (Lipinski definition) is 2. The van der Waals surface area contributed by atoms with Gasteiger partial charge in [0.15, 0.2) is 0 Å². The smallest absolute Gasteiger partial charge is 0.335 e. The molecule has 0 fully saturated rings. The van der Waals surface area contributed by atoms with E-state index in [0.29, 0.717) is 28.1 Å². The molecule has 0 saturated heterocycles. The topological polar surface area (TPSA) is 113 Å². The van der Waals surface area contributed by atoms with Gasteiger partial charge in [0.05, 0.1) is 23.3 Å². The Morgan fingerprint density at radius 3 is 2.32 bits per heavy atom. The van der Waals surface area contributed by atoms with E-state index in [1.807, 2.05) is 0 Å². The lowest BCUT2D eigenvalue weighted by atomic mass is 10.1. The van der Waals surface area contributed by atoms with Crippen LogP contribution in [0.15, 0.2) is 89.8 Å². The number of carbonyl (C=O) groups is 2. The fraction of sp³-hybridized carbons (Fsp3) is 0.133. The van der Waals surface area contributed by atoms with Gasteiger partial charge in [-0.15, -0.1) is 0 Å². The molecule has 0 radical (unpaired) electrons. The van der Waals surface area contributed by atoms with Crippen LogP contribution in [-0.2, 0) is 27.8 Å². The normalized spacial score (nSPS) is 14.4. The van der Waals surface area contributed by atoms with E-state index in [9.17, 15) is 26.8 Å². The molecule has 210 valence electrons. The summed E-state index contributed by atoms with van der Waals surface area (Å²) in [4.78, 5) is 24.4. The van der Waals surface area contributed by atoms with E-state index >= 15 is 0 Å². The predicted octanol–water partition coefficient (Wildman–Crippen LogP) is 4.78. The number of aromatic carboxylic acids is 1. The number of nitrogens with zero attached hydrogens (tertiary/aromatic N) is 1. The number of benzene rings is 4. The summed E-state index contributed by atoms with van der Waals surface area (Å²) in [5, 5.41) is 11.8. The number of sulfonamides is 1. The van der Waals surface area contributed by atoms with E-state index < -0.39 is 39.6 Å². The molecule has 11 heteroatoms. The standard InChI is InChI=1S/C30H24F2N2O6S/c1-40-23-9-13-27-21(14-23)15-28(29(35)33-17-18-2-4-20(5-3-18)30(36)37)34(27)41(38,39)24-10-6-19(7-11-24)25-12-8-22(31)16-26(25)32/h2-14,16,28H,15,17H2,1H3,(H,33,35)(H,36,37). The van der Waals surface area contributed by atoms with E-state index in [1.54, 1.807) is 30.3 Å². The molecule has 1 unspecified atom stereocenters. The number of carboxylic acid groups (broad SMARTS) is 1. The van der Waals surface area contributed by atoms with Crippen LogP contribution in [0.1, 0.15) is 21.5 Å². The molecular formula is C30H24F2N2O6S. The molecule has 1 aliphatic rings. The number of nitrogens with one attached hydrogen (secondary N) is 1. The van der Waals surface area contributed by atoms with Gasteiger partial charge < -0.3 is 15.2 Å². The van der Waals surface area contributed by atoms with Crippen LogP contribution in [0.2, 0.25) is 0 Å². The van der Waals surface area contributed by atoms with E-state index in [-0.39, 0.29) is 29.0 Å². The van der Waals surface area contributed by atoms with Gasteiger partial charge in [0.25, 0.3) is 10.0 Å². The average molecular weight is 579 g/mol. The number of anilines is 1. The van der Waals surface area contributed by atoms with Crippen molar-refractivity contribution in [3.8, 4) is 16.9 Å².